The highest BCUT2D eigenvalue weighted by Crippen LogP contribution is 2.18. The monoisotopic (exact) mass is 423 g/mol. The number of anilines is 1. The first-order valence-corrected chi connectivity index (χ1v) is 9.62. The predicted octanol–water partition coefficient (Wildman–Crippen LogP) is 3.68. The molecule has 0 spiro atoms. The van der Waals surface area contributed by atoms with E-state index >= 15 is 0 Å². The number of benzene rings is 2. The van der Waals surface area contributed by atoms with Crippen molar-refractivity contribution in [2.45, 2.75) is 25.9 Å². The second-order valence-corrected chi connectivity index (χ2v) is 7.11. The Balaban J connectivity index is 1.76. The Morgan fingerprint density at radius 2 is 1.77 bits per heavy atom. The highest BCUT2D eigenvalue weighted by atomic mass is 19.1. The Labute approximate surface area is 178 Å². The summed E-state index contributed by atoms with van der Waals surface area (Å²) in [6, 6.07) is 14.7. The van der Waals surface area contributed by atoms with Crippen molar-refractivity contribution in [1.29, 1.82) is 0 Å². The maximum atomic E-state index is 13.9. The second-order valence-electron chi connectivity index (χ2n) is 7.11. The van der Waals surface area contributed by atoms with Crippen LogP contribution in [0.15, 0.2) is 71.7 Å². The summed E-state index contributed by atoms with van der Waals surface area (Å²) >= 11 is 0. The molecule has 2 amide bonds. The number of urea groups is 1. The number of aryl methyl sites for hydroxylation is 1. The van der Waals surface area contributed by atoms with Crippen LogP contribution in [0.3, 0.4) is 0 Å². The van der Waals surface area contributed by atoms with Gasteiger partial charge in [0, 0.05) is 11.8 Å². The van der Waals surface area contributed by atoms with Gasteiger partial charge in [-0.2, -0.15) is 0 Å². The molecular weight excluding hydrogens is 401 g/mol. The molecule has 0 saturated carbocycles. The van der Waals surface area contributed by atoms with Crippen molar-refractivity contribution in [1.82, 2.24) is 9.88 Å². The van der Waals surface area contributed by atoms with Gasteiger partial charge in [-0.3, -0.25) is 9.59 Å². The van der Waals surface area contributed by atoms with Crippen LogP contribution >= 0.6 is 0 Å². The normalized spacial score (nSPS) is 11.5. The van der Waals surface area contributed by atoms with Gasteiger partial charge < -0.3 is 20.3 Å². The molecule has 160 valence electrons. The van der Waals surface area contributed by atoms with Crippen molar-refractivity contribution in [3.63, 3.8) is 0 Å². The first-order valence-electron chi connectivity index (χ1n) is 9.62. The molecule has 0 bridgehead atoms. The predicted molar refractivity (Wildman–Crippen MR) is 115 cm³/mol. The number of rotatable bonds is 7. The van der Waals surface area contributed by atoms with Crippen LogP contribution in [0.5, 0.6) is 0 Å². The van der Waals surface area contributed by atoms with E-state index in [0.29, 0.717) is 11.1 Å². The summed E-state index contributed by atoms with van der Waals surface area (Å²) in [4.78, 5) is 36.4. The second kappa shape index (κ2) is 9.71. The lowest BCUT2D eigenvalue weighted by molar-refractivity contribution is -0.137. The molecule has 3 N–H and O–H groups in total. The summed E-state index contributed by atoms with van der Waals surface area (Å²) in [5, 5.41) is 14.3. The summed E-state index contributed by atoms with van der Waals surface area (Å²) in [5.74, 6) is -1.50. The van der Waals surface area contributed by atoms with Crippen molar-refractivity contribution in [2.24, 2.45) is 0 Å². The van der Waals surface area contributed by atoms with Gasteiger partial charge in [-0.15, -0.1) is 0 Å². The summed E-state index contributed by atoms with van der Waals surface area (Å²) < 4.78 is 15.2. The fourth-order valence-corrected chi connectivity index (χ4v) is 3.11. The number of carboxylic acids is 1. The number of aliphatic carboxylic acids is 1. The number of carbonyl (C=O) groups is 2. The standard InChI is InChI=1S/C23H22FN3O4/c1-15-8-10-16(11-9-15)20(13-21(28)29)26-23(31)25-19-7-4-12-27(22(19)30)14-17-5-2-3-6-18(17)24/h2-12,20H,13-14H2,1H3,(H,28,29)(H2,25,26,31)/t20-/m0/s1. The molecule has 3 aromatic rings. The number of halogens is 1. The van der Waals surface area contributed by atoms with Crippen LogP contribution in [-0.2, 0) is 11.3 Å². The van der Waals surface area contributed by atoms with Gasteiger partial charge in [-0.05, 0) is 30.7 Å². The third-order valence-corrected chi connectivity index (χ3v) is 4.73. The van der Waals surface area contributed by atoms with E-state index in [1.165, 1.54) is 22.9 Å². The van der Waals surface area contributed by atoms with Crippen molar-refractivity contribution in [2.75, 3.05) is 5.32 Å². The van der Waals surface area contributed by atoms with E-state index in [0.717, 1.165) is 5.56 Å². The molecule has 0 aliphatic rings. The first-order chi connectivity index (χ1) is 14.8. The Morgan fingerprint density at radius 1 is 1.06 bits per heavy atom. The molecule has 0 fully saturated rings. The van der Waals surface area contributed by atoms with E-state index in [1.807, 2.05) is 19.1 Å². The molecule has 0 aliphatic carbocycles. The number of nitrogens with zero attached hydrogens (tertiary/aromatic N) is 1. The molecule has 1 atom stereocenters. The molecule has 0 unspecified atom stereocenters. The minimum atomic E-state index is -1.07. The van der Waals surface area contributed by atoms with Crippen molar-refractivity contribution in [3.05, 3.63) is 99.7 Å². The fraction of sp³-hybridized carbons (Fsp3) is 0.174. The fourth-order valence-electron chi connectivity index (χ4n) is 3.11. The summed E-state index contributed by atoms with van der Waals surface area (Å²) in [6.07, 6.45) is 1.18. The van der Waals surface area contributed by atoms with Crippen LogP contribution in [0, 0.1) is 12.7 Å². The lowest BCUT2D eigenvalue weighted by atomic mass is 10.0. The number of aromatic nitrogens is 1. The van der Waals surface area contributed by atoms with E-state index in [2.05, 4.69) is 10.6 Å². The van der Waals surface area contributed by atoms with Crippen molar-refractivity contribution in [3.8, 4) is 0 Å². The van der Waals surface area contributed by atoms with Gasteiger partial charge in [0.15, 0.2) is 0 Å². The Morgan fingerprint density at radius 3 is 2.45 bits per heavy atom. The van der Waals surface area contributed by atoms with Crippen LogP contribution in [-0.4, -0.2) is 21.7 Å². The maximum Gasteiger partial charge on any atom is 0.319 e. The smallest absolute Gasteiger partial charge is 0.319 e. The Kier molecular flexibility index (Phi) is 6.81. The molecule has 0 aliphatic heterocycles. The van der Waals surface area contributed by atoms with Gasteiger partial charge in [0.25, 0.3) is 5.56 Å². The lowest BCUT2D eigenvalue weighted by Gasteiger charge is -2.18. The average Bonchev–Trinajstić information content (AvgIpc) is 2.72. The molecular formula is C23H22FN3O4. The van der Waals surface area contributed by atoms with E-state index in [9.17, 15) is 23.9 Å². The summed E-state index contributed by atoms with van der Waals surface area (Å²) in [6.45, 7) is 1.91. The van der Waals surface area contributed by atoms with Crippen molar-refractivity contribution >= 4 is 17.7 Å². The van der Waals surface area contributed by atoms with Gasteiger partial charge in [0.2, 0.25) is 0 Å². The molecule has 3 rings (SSSR count). The third-order valence-electron chi connectivity index (χ3n) is 4.73. The number of pyridine rings is 1. The van der Waals surface area contributed by atoms with Gasteiger partial charge in [0.05, 0.1) is 19.0 Å². The van der Waals surface area contributed by atoms with Gasteiger partial charge in [-0.1, -0.05) is 48.0 Å². The zero-order valence-electron chi connectivity index (χ0n) is 16.8. The zero-order chi connectivity index (χ0) is 22.4. The SMILES string of the molecule is Cc1ccc([C@H](CC(=O)O)NC(=O)Nc2cccn(Cc3ccccc3F)c2=O)cc1. The average molecular weight is 423 g/mol. The van der Waals surface area contributed by atoms with E-state index in [1.54, 1.807) is 36.4 Å². The van der Waals surface area contributed by atoms with E-state index in [4.69, 9.17) is 0 Å². The molecule has 2 aromatic carbocycles. The summed E-state index contributed by atoms with van der Waals surface area (Å²) in [7, 11) is 0. The molecule has 0 saturated heterocycles. The number of nitrogens with one attached hydrogen (secondary N) is 2. The highest BCUT2D eigenvalue weighted by molar-refractivity contribution is 5.89. The molecule has 8 heteroatoms. The van der Waals surface area contributed by atoms with Crippen LogP contribution in [0.2, 0.25) is 0 Å². The summed E-state index contributed by atoms with van der Waals surface area (Å²) in [5.41, 5.74) is 1.46. The van der Waals surface area contributed by atoms with Crippen LogP contribution < -0.4 is 16.2 Å². The van der Waals surface area contributed by atoms with E-state index < -0.39 is 29.4 Å². The molecule has 0 radical (unpaired) electrons. The molecule has 7 nitrogen and oxygen atoms in total. The van der Waals surface area contributed by atoms with Crippen LogP contribution in [0.1, 0.15) is 29.2 Å². The molecule has 31 heavy (non-hydrogen) atoms. The number of hydrogen-bond donors (Lipinski definition) is 3. The van der Waals surface area contributed by atoms with E-state index in [-0.39, 0.29) is 18.7 Å². The molecule has 1 aromatic heterocycles. The zero-order valence-corrected chi connectivity index (χ0v) is 16.8. The number of amides is 2. The maximum absolute atomic E-state index is 13.9. The van der Waals surface area contributed by atoms with Crippen LogP contribution in [0.25, 0.3) is 0 Å². The van der Waals surface area contributed by atoms with Crippen molar-refractivity contribution < 1.29 is 19.1 Å². The highest BCUT2D eigenvalue weighted by Gasteiger charge is 2.19. The first kappa shape index (κ1) is 21.8. The minimum absolute atomic E-state index is 0.00526. The minimum Gasteiger partial charge on any atom is -0.481 e. The Hall–Kier alpha value is -3.94. The number of carboxylic acid groups (broad SMARTS) is 1. The lowest BCUT2D eigenvalue weighted by Crippen LogP contribution is -2.36. The van der Waals surface area contributed by atoms with Gasteiger partial charge in [0.1, 0.15) is 11.5 Å². The largest absolute Gasteiger partial charge is 0.481 e. The number of hydrogen-bond acceptors (Lipinski definition) is 3. The molecule has 1 heterocycles. The Bertz CT molecular complexity index is 1140. The number of carbonyl (C=O) groups excluding carboxylic acids is 1. The van der Waals surface area contributed by atoms with Crippen LogP contribution in [0.4, 0.5) is 14.9 Å². The quantitative estimate of drug-likeness (QED) is 0.540. The van der Waals surface area contributed by atoms with Gasteiger partial charge >= 0.3 is 12.0 Å². The van der Waals surface area contributed by atoms with Gasteiger partial charge in [-0.25, -0.2) is 9.18 Å². The third kappa shape index (κ3) is 5.79. The topological polar surface area (TPSA) is 100 Å².